The number of amides is 2. The standard InChI is InChI=1S/C10H11N5O/c1-2-11-10(16)15-8-4-3-7-9(14-8)13-6-5-12-7/h3-6H,2H2,1H3,(H2,11,13,14,15,16). The average Bonchev–Trinajstić information content (AvgIpc) is 2.29. The van der Waals surface area contributed by atoms with Gasteiger partial charge in [-0.2, -0.15) is 0 Å². The number of pyridine rings is 1. The van der Waals surface area contributed by atoms with E-state index in [0.717, 1.165) is 0 Å². The summed E-state index contributed by atoms with van der Waals surface area (Å²) in [6, 6.07) is 3.17. The Morgan fingerprint density at radius 2 is 2.12 bits per heavy atom. The first kappa shape index (κ1) is 10.3. The van der Waals surface area contributed by atoms with E-state index in [4.69, 9.17) is 0 Å². The monoisotopic (exact) mass is 217 g/mol. The van der Waals surface area contributed by atoms with Crippen molar-refractivity contribution in [2.75, 3.05) is 11.9 Å². The summed E-state index contributed by atoms with van der Waals surface area (Å²) in [5, 5.41) is 5.22. The molecule has 2 aromatic rings. The highest BCUT2D eigenvalue weighted by Crippen LogP contribution is 2.09. The molecule has 82 valence electrons. The summed E-state index contributed by atoms with van der Waals surface area (Å²) >= 11 is 0. The molecule has 2 aromatic heterocycles. The molecule has 0 fully saturated rings. The van der Waals surface area contributed by atoms with Crippen LogP contribution < -0.4 is 10.6 Å². The van der Waals surface area contributed by atoms with E-state index in [-0.39, 0.29) is 6.03 Å². The lowest BCUT2D eigenvalue weighted by Crippen LogP contribution is -2.28. The van der Waals surface area contributed by atoms with Gasteiger partial charge in [0.25, 0.3) is 0 Å². The third-order valence-corrected chi connectivity index (χ3v) is 1.91. The van der Waals surface area contributed by atoms with Crippen molar-refractivity contribution in [2.24, 2.45) is 0 Å². The van der Waals surface area contributed by atoms with Gasteiger partial charge in [0.15, 0.2) is 5.65 Å². The molecule has 0 aliphatic rings. The Labute approximate surface area is 92.1 Å². The molecule has 0 aliphatic carbocycles. The Hall–Kier alpha value is -2.24. The molecule has 0 bridgehead atoms. The molecule has 2 heterocycles. The topological polar surface area (TPSA) is 79.8 Å². The summed E-state index contributed by atoms with van der Waals surface area (Å²) in [6.07, 6.45) is 3.16. The van der Waals surface area contributed by atoms with Gasteiger partial charge in [-0.3, -0.25) is 10.3 Å². The molecular formula is C10H11N5O. The molecule has 6 heteroatoms. The molecule has 2 rings (SSSR count). The van der Waals surface area contributed by atoms with Gasteiger partial charge >= 0.3 is 6.03 Å². The molecular weight excluding hydrogens is 206 g/mol. The maximum absolute atomic E-state index is 11.3. The van der Waals surface area contributed by atoms with E-state index < -0.39 is 0 Å². The number of rotatable bonds is 2. The number of nitrogens with zero attached hydrogens (tertiary/aromatic N) is 3. The predicted molar refractivity (Wildman–Crippen MR) is 60.0 cm³/mol. The SMILES string of the molecule is CCNC(=O)Nc1ccc2nccnc2n1. The maximum atomic E-state index is 11.3. The fourth-order valence-electron chi connectivity index (χ4n) is 1.25. The van der Waals surface area contributed by atoms with E-state index in [1.54, 1.807) is 24.5 Å². The maximum Gasteiger partial charge on any atom is 0.320 e. The van der Waals surface area contributed by atoms with Crippen LogP contribution in [0.25, 0.3) is 11.2 Å². The van der Waals surface area contributed by atoms with Crippen LogP contribution in [-0.2, 0) is 0 Å². The van der Waals surface area contributed by atoms with Crippen LogP contribution in [0.15, 0.2) is 24.5 Å². The zero-order chi connectivity index (χ0) is 11.4. The molecule has 2 amide bonds. The summed E-state index contributed by atoms with van der Waals surface area (Å²) in [4.78, 5) is 23.5. The highest BCUT2D eigenvalue weighted by Gasteiger charge is 2.02. The summed E-state index contributed by atoms with van der Waals surface area (Å²) in [7, 11) is 0. The quantitative estimate of drug-likeness (QED) is 0.791. The normalized spacial score (nSPS) is 10.1. The van der Waals surface area contributed by atoms with Crippen LogP contribution in [0.3, 0.4) is 0 Å². The molecule has 0 saturated carbocycles. The summed E-state index contributed by atoms with van der Waals surface area (Å²) < 4.78 is 0. The van der Waals surface area contributed by atoms with Gasteiger partial charge in [-0.25, -0.2) is 14.8 Å². The van der Waals surface area contributed by atoms with E-state index in [1.807, 2.05) is 6.92 Å². The number of carbonyl (C=O) groups is 1. The van der Waals surface area contributed by atoms with Crippen LogP contribution in [0.2, 0.25) is 0 Å². The van der Waals surface area contributed by atoms with Gasteiger partial charge in [0.05, 0.1) is 0 Å². The number of hydrogen-bond donors (Lipinski definition) is 2. The minimum atomic E-state index is -0.279. The third kappa shape index (κ3) is 2.22. The number of anilines is 1. The third-order valence-electron chi connectivity index (χ3n) is 1.91. The Bertz CT molecular complexity index is 513. The molecule has 2 N–H and O–H groups in total. The van der Waals surface area contributed by atoms with E-state index in [1.165, 1.54) is 0 Å². The molecule has 0 radical (unpaired) electrons. The number of urea groups is 1. The fourth-order valence-corrected chi connectivity index (χ4v) is 1.25. The lowest BCUT2D eigenvalue weighted by Gasteiger charge is -2.04. The number of fused-ring (bicyclic) bond motifs is 1. The molecule has 0 saturated heterocycles. The first-order valence-corrected chi connectivity index (χ1v) is 4.92. The van der Waals surface area contributed by atoms with E-state index in [9.17, 15) is 4.79 Å². The molecule has 0 spiro atoms. The highest BCUT2D eigenvalue weighted by molar-refractivity contribution is 5.89. The van der Waals surface area contributed by atoms with Crippen molar-refractivity contribution in [2.45, 2.75) is 6.92 Å². The predicted octanol–water partition coefficient (Wildman–Crippen LogP) is 1.17. The van der Waals surface area contributed by atoms with Gasteiger partial charge in [0.1, 0.15) is 11.3 Å². The molecule has 16 heavy (non-hydrogen) atoms. The Kier molecular flexibility index (Phi) is 2.90. The Morgan fingerprint density at radius 1 is 1.31 bits per heavy atom. The number of carbonyl (C=O) groups excluding carboxylic acids is 1. The second-order valence-electron chi connectivity index (χ2n) is 3.08. The van der Waals surface area contributed by atoms with Crippen LogP contribution in [0.5, 0.6) is 0 Å². The van der Waals surface area contributed by atoms with Crippen molar-refractivity contribution in [3.63, 3.8) is 0 Å². The van der Waals surface area contributed by atoms with Gasteiger partial charge < -0.3 is 5.32 Å². The van der Waals surface area contributed by atoms with Crippen molar-refractivity contribution in [1.29, 1.82) is 0 Å². The molecule has 6 nitrogen and oxygen atoms in total. The molecule has 0 aromatic carbocycles. The van der Waals surface area contributed by atoms with E-state index >= 15 is 0 Å². The largest absolute Gasteiger partial charge is 0.338 e. The van der Waals surface area contributed by atoms with Gasteiger partial charge in [0, 0.05) is 18.9 Å². The lowest BCUT2D eigenvalue weighted by molar-refractivity contribution is 0.252. The fraction of sp³-hybridized carbons (Fsp3) is 0.200. The van der Waals surface area contributed by atoms with Crippen molar-refractivity contribution in [3.05, 3.63) is 24.5 Å². The minimum Gasteiger partial charge on any atom is -0.338 e. The zero-order valence-corrected chi connectivity index (χ0v) is 8.77. The molecule has 0 atom stereocenters. The first-order chi connectivity index (χ1) is 7.79. The lowest BCUT2D eigenvalue weighted by atomic mass is 10.4. The van der Waals surface area contributed by atoms with Crippen LogP contribution in [0, 0.1) is 0 Å². The molecule has 0 aliphatic heterocycles. The van der Waals surface area contributed by atoms with Crippen molar-refractivity contribution >= 4 is 23.0 Å². The van der Waals surface area contributed by atoms with Crippen LogP contribution >= 0.6 is 0 Å². The highest BCUT2D eigenvalue weighted by atomic mass is 16.2. The van der Waals surface area contributed by atoms with Gasteiger partial charge in [-0.05, 0) is 19.1 Å². The molecule has 0 unspecified atom stereocenters. The van der Waals surface area contributed by atoms with E-state index in [2.05, 4.69) is 25.6 Å². The van der Waals surface area contributed by atoms with Crippen LogP contribution in [0.1, 0.15) is 6.92 Å². The average molecular weight is 217 g/mol. The van der Waals surface area contributed by atoms with Crippen molar-refractivity contribution in [3.8, 4) is 0 Å². The number of hydrogen-bond acceptors (Lipinski definition) is 4. The smallest absolute Gasteiger partial charge is 0.320 e. The summed E-state index contributed by atoms with van der Waals surface area (Å²) in [5.41, 5.74) is 1.21. The summed E-state index contributed by atoms with van der Waals surface area (Å²) in [6.45, 7) is 2.41. The first-order valence-electron chi connectivity index (χ1n) is 4.92. The van der Waals surface area contributed by atoms with E-state index in [0.29, 0.717) is 23.5 Å². The van der Waals surface area contributed by atoms with Gasteiger partial charge in [0.2, 0.25) is 0 Å². The second kappa shape index (κ2) is 4.52. The summed E-state index contributed by atoms with van der Waals surface area (Å²) in [5.74, 6) is 0.457. The van der Waals surface area contributed by atoms with Crippen molar-refractivity contribution < 1.29 is 4.79 Å². The minimum absolute atomic E-state index is 0.279. The van der Waals surface area contributed by atoms with Gasteiger partial charge in [-0.15, -0.1) is 0 Å². The number of aromatic nitrogens is 3. The van der Waals surface area contributed by atoms with Gasteiger partial charge in [-0.1, -0.05) is 0 Å². The van der Waals surface area contributed by atoms with Crippen molar-refractivity contribution in [1.82, 2.24) is 20.3 Å². The Morgan fingerprint density at radius 3 is 2.94 bits per heavy atom. The second-order valence-corrected chi connectivity index (χ2v) is 3.08. The Balaban J connectivity index is 2.22. The van der Waals surface area contributed by atoms with Crippen LogP contribution in [-0.4, -0.2) is 27.5 Å². The zero-order valence-electron chi connectivity index (χ0n) is 8.77. The number of nitrogens with one attached hydrogen (secondary N) is 2. The van der Waals surface area contributed by atoms with Crippen LogP contribution in [0.4, 0.5) is 10.6 Å².